The van der Waals surface area contributed by atoms with Gasteiger partial charge < -0.3 is 5.11 Å². The molecule has 1 unspecified atom stereocenters. The number of carboxylic acids is 1. The van der Waals surface area contributed by atoms with Crippen LogP contribution in [0.15, 0.2) is 53.4 Å². The van der Waals surface area contributed by atoms with Gasteiger partial charge in [0, 0.05) is 21.3 Å². The molecule has 0 saturated heterocycles. The molecule has 0 radical (unpaired) electrons. The fourth-order valence-electron chi connectivity index (χ4n) is 3.21. The van der Waals surface area contributed by atoms with Crippen LogP contribution in [0.3, 0.4) is 0 Å². The molecule has 4 nitrogen and oxygen atoms in total. The van der Waals surface area contributed by atoms with Crippen molar-refractivity contribution in [3.8, 4) is 16.9 Å². The molecule has 1 aliphatic rings. The predicted octanol–water partition coefficient (Wildman–Crippen LogP) is 4.93. The summed E-state index contributed by atoms with van der Waals surface area (Å²) in [5, 5.41) is 13.9. The minimum Gasteiger partial charge on any atom is -0.476 e. The number of aromatic carboxylic acids is 1. The van der Waals surface area contributed by atoms with Gasteiger partial charge in [0.15, 0.2) is 5.69 Å². The number of fused-ring (bicyclic) bond motifs is 3. The standard InChI is InChI=1S/C19H15FN2O2S/c1-2-14-16-17(19(23)24)21-22(13-9-5-4-8-12(13)20)18(16)11-7-3-6-10-15(11)25-14/h3-10,14H,2H2,1H3,(H,23,24). The first kappa shape index (κ1) is 15.9. The highest BCUT2D eigenvalue weighted by Crippen LogP contribution is 2.52. The summed E-state index contributed by atoms with van der Waals surface area (Å²) in [6, 6.07) is 14.1. The van der Waals surface area contributed by atoms with Crippen LogP contribution in [0, 0.1) is 5.82 Å². The average Bonchev–Trinajstić information content (AvgIpc) is 3.02. The van der Waals surface area contributed by atoms with Gasteiger partial charge in [0.05, 0.1) is 5.69 Å². The predicted molar refractivity (Wildman–Crippen MR) is 94.8 cm³/mol. The first-order valence-corrected chi connectivity index (χ1v) is 8.87. The summed E-state index contributed by atoms with van der Waals surface area (Å²) in [5.74, 6) is -1.53. The molecule has 4 rings (SSSR count). The van der Waals surface area contributed by atoms with Crippen LogP contribution in [0.25, 0.3) is 16.9 Å². The molecule has 1 aliphatic heterocycles. The lowest BCUT2D eigenvalue weighted by atomic mass is 10.00. The Hall–Kier alpha value is -2.60. The summed E-state index contributed by atoms with van der Waals surface area (Å²) >= 11 is 1.63. The highest BCUT2D eigenvalue weighted by atomic mass is 32.2. The molecule has 3 aromatic rings. The molecule has 6 heteroatoms. The van der Waals surface area contributed by atoms with Gasteiger partial charge in [-0.1, -0.05) is 37.3 Å². The van der Waals surface area contributed by atoms with Gasteiger partial charge in [0.25, 0.3) is 0 Å². The number of hydrogen-bond donors (Lipinski definition) is 1. The third-order valence-electron chi connectivity index (χ3n) is 4.31. The van der Waals surface area contributed by atoms with Crippen LogP contribution in [-0.4, -0.2) is 20.9 Å². The molecule has 0 aliphatic carbocycles. The lowest BCUT2D eigenvalue weighted by molar-refractivity contribution is 0.0688. The number of para-hydroxylation sites is 1. The molecule has 0 amide bonds. The van der Waals surface area contributed by atoms with Crippen molar-refractivity contribution < 1.29 is 14.3 Å². The van der Waals surface area contributed by atoms with E-state index in [1.807, 2.05) is 31.2 Å². The number of hydrogen-bond acceptors (Lipinski definition) is 3. The van der Waals surface area contributed by atoms with Crippen LogP contribution in [0.2, 0.25) is 0 Å². The van der Waals surface area contributed by atoms with E-state index in [1.165, 1.54) is 10.7 Å². The molecule has 2 aromatic carbocycles. The van der Waals surface area contributed by atoms with Crippen LogP contribution < -0.4 is 0 Å². The Morgan fingerprint density at radius 2 is 1.96 bits per heavy atom. The molecule has 25 heavy (non-hydrogen) atoms. The zero-order valence-electron chi connectivity index (χ0n) is 13.4. The Bertz CT molecular complexity index is 983. The number of carboxylic acid groups (broad SMARTS) is 1. The maximum atomic E-state index is 14.4. The van der Waals surface area contributed by atoms with Crippen molar-refractivity contribution in [2.24, 2.45) is 0 Å². The van der Waals surface area contributed by atoms with Crippen molar-refractivity contribution in [2.75, 3.05) is 0 Å². The van der Waals surface area contributed by atoms with E-state index < -0.39 is 11.8 Å². The molecule has 0 bridgehead atoms. The number of nitrogens with zero attached hydrogens (tertiary/aromatic N) is 2. The molecule has 126 valence electrons. The highest BCUT2D eigenvalue weighted by Gasteiger charge is 2.34. The quantitative estimate of drug-likeness (QED) is 0.724. The first-order chi connectivity index (χ1) is 12.1. The molecule has 2 heterocycles. The number of thioether (sulfide) groups is 1. The maximum absolute atomic E-state index is 14.4. The average molecular weight is 354 g/mol. The fraction of sp³-hybridized carbons (Fsp3) is 0.158. The van der Waals surface area contributed by atoms with Crippen molar-refractivity contribution in [3.05, 3.63) is 65.6 Å². The molecule has 0 saturated carbocycles. The van der Waals surface area contributed by atoms with E-state index in [2.05, 4.69) is 5.10 Å². The second-order valence-corrected chi connectivity index (χ2v) is 7.03. The third-order valence-corrected chi connectivity index (χ3v) is 5.77. The van der Waals surface area contributed by atoms with Gasteiger partial charge in [0.2, 0.25) is 0 Å². The normalized spacial score (nSPS) is 15.5. The van der Waals surface area contributed by atoms with Crippen molar-refractivity contribution >= 4 is 17.7 Å². The van der Waals surface area contributed by atoms with Gasteiger partial charge in [-0.05, 0) is 24.6 Å². The first-order valence-electron chi connectivity index (χ1n) is 7.99. The minimum absolute atomic E-state index is 0.00731. The molecular weight excluding hydrogens is 339 g/mol. The minimum atomic E-state index is -1.09. The monoisotopic (exact) mass is 354 g/mol. The van der Waals surface area contributed by atoms with Gasteiger partial charge in [0.1, 0.15) is 11.5 Å². The SMILES string of the molecule is CCC1Sc2ccccc2-c2c1c(C(=O)O)nn2-c1ccccc1F. The van der Waals surface area contributed by atoms with Gasteiger partial charge in [-0.15, -0.1) is 11.8 Å². The van der Waals surface area contributed by atoms with Crippen LogP contribution in [0.1, 0.15) is 34.6 Å². The molecule has 1 N–H and O–H groups in total. The summed E-state index contributed by atoms with van der Waals surface area (Å²) in [6.45, 7) is 2.02. The second kappa shape index (κ2) is 6.04. The van der Waals surface area contributed by atoms with Gasteiger partial charge >= 0.3 is 5.97 Å². The Morgan fingerprint density at radius 3 is 2.68 bits per heavy atom. The second-order valence-electron chi connectivity index (χ2n) is 5.79. The third kappa shape index (κ3) is 2.44. The van der Waals surface area contributed by atoms with E-state index in [4.69, 9.17) is 0 Å². The molecule has 1 atom stereocenters. The Labute approximate surface area is 148 Å². The van der Waals surface area contributed by atoms with Crippen molar-refractivity contribution in [2.45, 2.75) is 23.5 Å². The number of rotatable bonds is 3. The van der Waals surface area contributed by atoms with E-state index in [9.17, 15) is 14.3 Å². The number of halogens is 1. The molecule has 0 fully saturated rings. The molecule has 0 spiro atoms. The van der Waals surface area contributed by atoms with Gasteiger partial charge in [-0.2, -0.15) is 5.10 Å². The smallest absolute Gasteiger partial charge is 0.356 e. The van der Waals surface area contributed by atoms with Crippen molar-refractivity contribution in [1.29, 1.82) is 0 Å². The molecular formula is C19H15FN2O2S. The van der Waals surface area contributed by atoms with Gasteiger partial charge in [-0.25, -0.2) is 13.9 Å². The zero-order valence-corrected chi connectivity index (χ0v) is 14.3. The summed E-state index contributed by atoms with van der Waals surface area (Å²) in [4.78, 5) is 12.8. The number of carbonyl (C=O) groups is 1. The summed E-state index contributed by atoms with van der Waals surface area (Å²) in [5.41, 5.74) is 2.47. The van der Waals surface area contributed by atoms with Crippen molar-refractivity contribution in [3.63, 3.8) is 0 Å². The number of aromatic nitrogens is 2. The summed E-state index contributed by atoms with van der Waals surface area (Å²) in [7, 11) is 0. The van der Waals surface area contributed by atoms with Gasteiger partial charge in [-0.3, -0.25) is 0 Å². The number of benzene rings is 2. The topological polar surface area (TPSA) is 55.1 Å². The Balaban J connectivity index is 2.09. The Morgan fingerprint density at radius 1 is 1.24 bits per heavy atom. The Kier molecular flexibility index (Phi) is 3.84. The summed E-state index contributed by atoms with van der Waals surface area (Å²) in [6.07, 6.45) is 0.759. The highest BCUT2D eigenvalue weighted by molar-refractivity contribution is 7.99. The van der Waals surface area contributed by atoms with E-state index >= 15 is 0 Å². The van der Waals surface area contributed by atoms with Crippen molar-refractivity contribution in [1.82, 2.24) is 9.78 Å². The molecule has 1 aromatic heterocycles. The lowest BCUT2D eigenvalue weighted by Crippen LogP contribution is -2.08. The van der Waals surface area contributed by atoms with Crippen LogP contribution in [0.4, 0.5) is 4.39 Å². The summed E-state index contributed by atoms with van der Waals surface area (Å²) < 4.78 is 15.8. The van der Waals surface area contributed by atoms with Crippen LogP contribution in [-0.2, 0) is 0 Å². The van der Waals surface area contributed by atoms with Crippen LogP contribution >= 0.6 is 11.8 Å². The van der Waals surface area contributed by atoms with Crippen LogP contribution in [0.5, 0.6) is 0 Å². The van der Waals surface area contributed by atoms with E-state index in [0.717, 1.165) is 16.9 Å². The van der Waals surface area contributed by atoms with E-state index in [-0.39, 0.29) is 16.6 Å². The fourth-order valence-corrected chi connectivity index (χ4v) is 4.48. The maximum Gasteiger partial charge on any atom is 0.356 e. The largest absolute Gasteiger partial charge is 0.476 e. The zero-order chi connectivity index (χ0) is 17.6. The van der Waals surface area contributed by atoms with E-state index in [1.54, 1.807) is 30.0 Å². The lowest BCUT2D eigenvalue weighted by Gasteiger charge is -2.24. The van der Waals surface area contributed by atoms with E-state index in [0.29, 0.717) is 11.3 Å².